The molecule has 1 aliphatic heterocycles. The van der Waals surface area contributed by atoms with Gasteiger partial charge < -0.3 is 4.74 Å². The SMILES string of the molecule is CN(CC1CCCCO1)S(=O)(=O)c1cccnc1Cl. The quantitative estimate of drug-likeness (QED) is 0.798. The molecule has 5 nitrogen and oxygen atoms in total. The summed E-state index contributed by atoms with van der Waals surface area (Å²) >= 11 is 5.85. The minimum atomic E-state index is -3.61. The van der Waals surface area contributed by atoms with Gasteiger partial charge in [0.05, 0.1) is 6.10 Å². The maximum Gasteiger partial charge on any atom is 0.245 e. The summed E-state index contributed by atoms with van der Waals surface area (Å²) in [4.78, 5) is 3.84. The van der Waals surface area contributed by atoms with Gasteiger partial charge in [0.2, 0.25) is 10.0 Å². The van der Waals surface area contributed by atoms with Gasteiger partial charge in [-0.15, -0.1) is 0 Å². The van der Waals surface area contributed by atoms with E-state index in [4.69, 9.17) is 16.3 Å². The Bertz CT molecular complexity index is 530. The third-order valence-electron chi connectivity index (χ3n) is 3.15. The predicted molar refractivity (Wildman–Crippen MR) is 72.7 cm³/mol. The maximum absolute atomic E-state index is 12.4. The van der Waals surface area contributed by atoms with Gasteiger partial charge in [0, 0.05) is 26.4 Å². The Morgan fingerprint density at radius 3 is 2.95 bits per heavy atom. The Morgan fingerprint density at radius 1 is 1.53 bits per heavy atom. The molecule has 0 radical (unpaired) electrons. The summed E-state index contributed by atoms with van der Waals surface area (Å²) in [6.07, 6.45) is 4.43. The molecule has 0 aliphatic carbocycles. The second-order valence-corrected chi connectivity index (χ2v) is 6.94. The molecule has 0 spiro atoms. The van der Waals surface area contributed by atoms with Gasteiger partial charge in [0.1, 0.15) is 10.0 Å². The van der Waals surface area contributed by atoms with Crippen molar-refractivity contribution in [3.05, 3.63) is 23.5 Å². The van der Waals surface area contributed by atoms with Crippen LogP contribution in [-0.4, -0.2) is 44.0 Å². The number of ether oxygens (including phenoxy) is 1. The zero-order valence-corrected chi connectivity index (χ0v) is 12.3. The van der Waals surface area contributed by atoms with E-state index in [0.717, 1.165) is 19.3 Å². The first-order chi connectivity index (χ1) is 9.01. The average Bonchev–Trinajstić information content (AvgIpc) is 2.40. The Balaban J connectivity index is 2.13. The molecule has 1 aromatic heterocycles. The van der Waals surface area contributed by atoms with Crippen molar-refractivity contribution in [1.82, 2.24) is 9.29 Å². The van der Waals surface area contributed by atoms with Gasteiger partial charge in [-0.25, -0.2) is 13.4 Å². The van der Waals surface area contributed by atoms with Crippen molar-refractivity contribution in [2.45, 2.75) is 30.3 Å². The van der Waals surface area contributed by atoms with E-state index < -0.39 is 10.0 Å². The summed E-state index contributed by atoms with van der Waals surface area (Å²) in [6, 6.07) is 3.02. The lowest BCUT2D eigenvalue weighted by Gasteiger charge is -2.27. The molecule has 1 saturated heterocycles. The van der Waals surface area contributed by atoms with E-state index in [0.29, 0.717) is 13.2 Å². The van der Waals surface area contributed by atoms with Crippen LogP contribution in [0.4, 0.5) is 0 Å². The first-order valence-electron chi connectivity index (χ1n) is 6.20. The number of rotatable bonds is 4. The number of likely N-dealkylation sites (N-methyl/N-ethyl adjacent to an activating group) is 1. The molecule has 2 heterocycles. The fraction of sp³-hybridized carbons (Fsp3) is 0.583. The number of aromatic nitrogens is 1. The third kappa shape index (κ3) is 3.45. The zero-order valence-electron chi connectivity index (χ0n) is 10.8. The lowest BCUT2D eigenvalue weighted by atomic mass is 10.1. The van der Waals surface area contributed by atoms with E-state index in [2.05, 4.69) is 4.98 Å². The summed E-state index contributed by atoms with van der Waals surface area (Å²) in [5.74, 6) is 0. The molecule has 0 saturated carbocycles. The molecule has 19 heavy (non-hydrogen) atoms. The van der Waals surface area contributed by atoms with Crippen LogP contribution in [0.3, 0.4) is 0 Å². The number of hydrogen-bond acceptors (Lipinski definition) is 4. The van der Waals surface area contributed by atoms with Gasteiger partial charge in [0.25, 0.3) is 0 Å². The smallest absolute Gasteiger partial charge is 0.245 e. The van der Waals surface area contributed by atoms with Crippen LogP contribution < -0.4 is 0 Å². The van der Waals surface area contributed by atoms with Crippen LogP contribution in [0.15, 0.2) is 23.2 Å². The largest absolute Gasteiger partial charge is 0.377 e. The molecule has 1 fully saturated rings. The van der Waals surface area contributed by atoms with Crippen LogP contribution >= 0.6 is 11.6 Å². The number of pyridine rings is 1. The summed E-state index contributed by atoms with van der Waals surface area (Å²) < 4.78 is 31.6. The van der Waals surface area contributed by atoms with Crippen LogP contribution in [0.1, 0.15) is 19.3 Å². The van der Waals surface area contributed by atoms with Crippen LogP contribution in [-0.2, 0) is 14.8 Å². The molecule has 1 unspecified atom stereocenters. The molecule has 2 rings (SSSR count). The van der Waals surface area contributed by atoms with Crippen LogP contribution in [0.5, 0.6) is 0 Å². The highest BCUT2D eigenvalue weighted by atomic mass is 35.5. The van der Waals surface area contributed by atoms with Gasteiger partial charge >= 0.3 is 0 Å². The van der Waals surface area contributed by atoms with E-state index in [1.807, 2.05) is 0 Å². The zero-order chi connectivity index (χ0) is 13.9. The normalized spacial score (nSPS) is 20.7. The van der Waals surface area contributed by atoms with Crippen molar-refractivity contribution in [2.24, 2.45) is 0 Å². The van der Waals surface area contributed by atoms with Gasteiger partial charge in [-0.05, 0) is 31.4 Å². The summed E-state index contributed by atoms with van der Waals surface area (Å²) in [7, 11) is -2.07. The fourth-order valence-corrected chi connectivity index (χ4v) is 3.69. The Morgan fingerprint density at radius 2 is 2.32 bits per heavy atom. The van der Waals surface area contributed by atoms with Crippen molar-refractivity contribution in [3.63, 3.8) is 0 Å². The first-order valence-corrected chi connectivity index (χ1v) is 8.02. The molecule has 1 aromatic rings. The number of halogens is 1. The number of sulfonamides is 1. The number of hydrogen-bond donors (Lipinski definition) is 0. The fourth-order valence-electron chi connectivity index (χ4n) is 2.07. The van der Waals surface area contributed by atoms with Gasteiger partial charge in [-0.1, -0.05) is 11.6 Å². The summed E-state index contributed by atoms with van der Waals surface area (Å²) in [5.41, 5.74) is 0. The van der Waals surface area contributed by atoms with Gasteiger partial charge in [0.15, 0.2) is 0 Å². The van der Waals surface area contributed by atoms with Crippen molar-refractivity contribution >= 4 is 21.6 Å². The molecule has 106 valence electrons. The first kappa shape index (κ1) is 14.7. The Kier molecular flexibility index (Phi) is 4.78. The van der Waals surface area contributed by atoms with Crippen LogP contribution in [0.2, 0.25) is 5.15 Å². The highest BCUT2D eigenvalue weighted by molar-refractivity contribution is 7.89. The molecule has 0 bridgehead atoms. The minimum absolute atomic E-state index is 0.00101. The predicted octanol–water partition coefficient (Wildman–Crippen LogP) is 1.92. The summed E-state index contributed by atoms with van der Waals surface area (Å²) in [5, 5.41) is -0.00101. The third-order valence-corrected chi connectivity index (χ3v) is 5.42. The minimum Gasteiger partial charge on any atom is -0.377 e. The molecule has 0 aromatic carbocycles. The number of nitrogens with zero attached hydrogens (tertiary/aromatic N) is 2. The summed E-state index contributed by atoms with van der Waals surface area (Å²) in [6.45, 7) is 1.04. The molecule has 7 heteroatoms. The highest BCUT2D eigenvalue weighted by Gasteiger charge is 2.27. The lowest BCUT2D eigenvalue weighted by Crippen LogP contribution is -2.37. The molecule has 1 atom stereocenters. The second kappa shape index (κ2) is 6.17. The highest BCUT2D eigenvalue weighted by Crippen LogP contribution is 2.23. The van der Waals surface area contributed by atoms with Crippen LogP contribution in [0.25, 0.3) is 0 Å². The average molecular weight is 305 g/mol. The molecule has 1 aliphatic rings. The molecule has 0 amide bonds. The van der Waals surface area contributed by atoms with E-state index in [9.17, 15) is 8.42 Å². The standard InChI is InChI=1S/C12H17ClN2O3S/c1-15(9-10-5-2-3-8-18-10)19(16,17)11-6-4-7-14-12(11)13/h4,6-7,10H,2-3,5,8-9H2,1H3. The Labute approximate surface area is 118 Å². The van der Waals surface area contributed by atoms with Crippen molar-refractivity contribution in [3.8, 4) is 0 Å². The van der Waals surface area contributed by atoms with E-state index in [1.54, 1.807) is 6.07 Å². The van der Waals surface area contributed by atoms with Crippen molar-refractivity contribution < 1.29 is 13.2 Å². The van der Waals surface area contributed by atoms with Gasteiger partial charge in [-0.3, -0.25) is 0 Å². The van der Waals surface area contributed by atoms with Crippen molar-refractivity contribution in [1.29, 1.82) is 0 Å². The topological polar surface area (TPSA) is 59.5 Å². The van der Waals surface area contributed by atoms with E-state index >= 15 is 0 Å². The lowest BCUT2D eigenvalue weighted by molar-refractivity contribution is 0.00858. The molecular weight excluding hydrogens is 288 g/mol. The van der Waals surface area contributed by atoms with E-state index in [-0.39, 0.29) is 16.2 Å². The van der Waals surface area contributed by atoms with Gasteiger partial charge in [-0.2, -0.15) is 4.31 Å². The second-order valence-electron chi connectivity index (χ2n) is 4.57. The monoisotopic (exact) mass is 304 g/mol. The Hall–Kier alpha value is -0.690. The van der Waals surface area contributed by atoms with E-state index in [1.165, 1.54) is 23.6 Å². The van der Waals surface area contributed by atoms with Crippen LogP contribution in [0, 0.1) is 0 Å². The molecule has 0 N–H and O–H groups in total. The van der Waals surface area contributed by atoms with Crippen molar-refractivity contribution in [2.75, 3.05) is 20.2 Å². The molecular formula is C12H17ClN2O3S. The maximum atomic E-state index is 12.4.